The van der Waals surface area contributed by atoms with Crippen molar-refractivity contribution in [1.29, 1.82) is 0 Å². The average molecular weight is 839 g/mol. The lowest BCUT2D eigenvalue weighted by Gasteiger charge is -2.26. The highest BCUT2D eigenvalue weighted by molar-refractivity contribution is 6.15. The van der Waals surface area contributed by atoms with Crippen LogP contribution in [0.15, 0.2) is 255 Å². The van der Waals surface area contributed by atoms with E-state index in [0.717, 1.165) is 22.7 Å². The van der Waals surface area contributed by atoms with Crippen LogP contribution in [0, 0.1) is 0 Å². The smallest absolute Gasteiger partial charge is 0.0541 e. The number of hydrogen-bond acceptors (Lipinski definition) is 1. The summed E-state index contributed by atoms with van der Waals surface area (Å²) in [5.74, 6) is 0. The minimum atomic E-state index is 1.09. The summed E-state index contributed by atoms with van der Waals surface area (Å²) in [5.41, 5.74) is 14.1. The lowest BCUT2D eigenvalue weighted by Crippen LogP contribution is -2.10. The summed E-state index contributed by atoms with van der Waals surface area (Å²) in [6.45, 7) is 0. The van der Waals surface area contributed by atoms with Crippen LogP contribution in [0.4, 0.5) is 17.1 Å². The summed E-state index contributed by atoms with van der Waals surface area (Å²) < 4.78 is 2.38. The zero-order valence-corrected chi connectivity index (χ0v) is 36.1. The van der Waals surface area contributed by atoms with E-state index in [1.165, 1.54) is 98.3 Å². The molecule has 1 heterocycles. The van der Waals surface area contributed by atoms with Crippen LogP contribution in [0.1, 0.15) is 0 Å². The number of aromatic nitrogens is 1. The second-order valence-electron chi connectivity index (χ2n) is 17.3. The zero-order valence-electron chi connectivity index (χ0n) is 36.1. The van der Waals surface area contributed by atoms with Gasteiger partial charge in [0.15, 0.2) is 0 Å². The summed E-state index contributed by atoms with van der Waals surface area (Å²) in [6, 6.07) is 93.2. The molecule has 0 unspecified atom stereocenters. The molecule has 0 atom stereocenters. The van der Waals surface area contributed by atoms with E-state index in [4.69, 9.17) is 0 Å². The molecule has 1 aromatic heterocycles. The number of anilines is 3. The Morgan fingerprint density at radius 2 is 0.561 bits per heavy atom. The van der Waals surface area contributed by atoms with Crippen molar-refractivity contribution in [3.63, 3.8) is 0 Å². The molecular weight excluding hydrogens is 797 g/mol. The first-order chi connectivity index (χ1) is 32.7. The summed E-state index contributed by atoms with van der Waals surface area (Å²) in [5, 5.41) is 12.7. The highest BCUT2D eigenvalue weighted by Gasteiger charge is 2.17. The van der Waals surface area contributed by atoms with Crippen LogP contribution < -0.4 is 4.90 Å². The third-order valence-electron chi connectivity index (χ3n) is 13.6. The Morgan fingerprint density at radius 3 is 1.02 bits per heavy atom. The van der Waals surface area contributed by atoms with Gasteiger partial charge in [0.25, 0.3) is 0 Å². The van der Waals surface area contributed by atoms with Crippen LogP contribution in [-0.2, 0) is 0 Å². The largest absolute Gasteiger partial charge is 0.311 e. The van der Waals surface area contributed by atoms with Gasteiger partial charge in [0.2, 0.25) is 0 Å². The summed E-state index contributed by atoms with van der Waals surface area (Å²) in [7, 11) is 0. The van der Waals surface area contributed by atoms with Crippen molar-refractivity contribution in [1.82, 2.24) is 4.57 Å². The van der Waals surface area contributed by atoms with Crippen LogP contribution in [-0.4, -0.2) is 4.57 Å². The lowest BCUT2D eigenvalue weighted by molar-refractivity contribution is 1.17. The van der Waals surface area contributed by atoms with Gasteiger partial charge in [-0.1, -0.05) is 182 Å². The normalized spacial score (nSPS) is 11.6. The topological polar surface area (TPSA) is 8.17 Å². The molecule has 13 rings (SSSR count). The molecule has 0 amide bonds. The average Bonchev–Trinajstić information content (AvgIpc) is 3.73. The molecule has 0 aliphatic heterocycles. The number of fused-ring (bicyclic) bond motifs is 9. The molecule has 2 nitrogen and oxygen atoms in total. The van der Waals surface area contributed by atoms with Crippen molar-refractivity contribution >= 4 is 82.0 Å². The van der Waals surface area contributed by atoms with Gasteiger partial charge in [0.05, 0.1) is 11.0 Å². The molecule has 0 bridgehead atoms. The molecule has 66 heavy (non-hydrogen) atoms. The zero-order chi connectivity index (χ0) is 43.6. The van der Waals surface area contributed by atoms with Gasteiger partial charge in [0, 0.05) is 33.5 Å². The third-order valence-corrected chi connectivity index (χ3v) is 13.6. The number of benzene rings is 12. The van der Waals surface area contributed by atoms with Gasteiger partial charge >= 0.3 is 0 Å². The molecule has 0 saturated heterocycles. The molecule has 0 N–H and O–H groups in total. The molecular formula is C64H42N2. The Balaban J connectivity index is 0.885. The maximum Gasteiger partial charge on any atom is 0.0541 e. The van der Waals surface area contributed by atoms with E-state index in [1.54, 1.807) is 0 Å². The van der Waals surface area contributed by atoms with E-state index in [1.807, 2.05) is 0 Å². The summed E-state index contributed by atoms with van der Waals surface area (Å²) in [6.07, 6.45) is 0. The molecule has 0 aliphatic carbocycles. The van der Waals surface area contributed by atoms with Crippen molar-refractivity contribution in [3.8, 4) is 39.1 Å². The SMILES string of the molecule is c1ccc2c(c1)cc(-c1ccc(-c3ccc(N(c4ccc(-c5cc6ccccc6c6ccccc56)cc4)c4ccc(-n5c6ccccc6c6ccccc65)cc4)cc3)cc1)c1ccccc12. The van der Waals surface area contributed by atoms with Crippen molar-refractivity contribution in [2.75, 3.05) is 4.90 Å². The molecule has 0 saturated carbocycles. The predicted octanol–water partition coefficient (Wildman–Crippen LogP) is 17.9. The fourth-order valence-corrected chi connectivity index (χ4v) is 10.4. The fourth-order valence-electron chi connectivity index (χ4n) is 10.4. The van der Waals surface area contributed by atoms with Crippen LogP contribution in [0.25, 0.3) is 104 Å². The Bertz CT molecular complexity index is 3900. The number of nitrogens with zero attached hydrogens (tertiary/aromatic N) is 2. The molecule has 13 aromatic rings. The first kappa shape index (κ1) is 37.8. The molecule has 0 spiro atoms. The predicted molar refractivity (Wildman–Crippen MR) is 282 cm³/mol. The van der Waals surface area contributed by atoms with E-state index >= 15 is 0 Å². The van der Waals surface area contributed by atoms with Gasteiger partial charge in [-0.25, -0.2) is 0 Å². The van der Waals surface area contributed by atoms with Gasteiger partial charge in [-0.05, 0) is 149 Å². The minimum Gasteiger partial charge on any atom is -0.311 e. The van der Waals surface area contributed by atoms with Crippen LogP contribution >= 0.6 is 0 Å². The molecule has 2 heteroatoms. The second kappa shape index (κ2) is 15.5. The minimum absolute atomic E-state index is 1.09. The fraction of sp³-hybridized carbons (Fsp3) is 0. The van der Waals surface area contributed by atoms with Crippen LogP contribution in [0.5, 0.6) is 0 Å². The Hall–Kier alpha value is -8.72. The number of para-hydroxylation sites is 2. The molecule has 308 valence electrons. The quantitative estimate of drug-likeness (QED) is 0.145. The van der Waals surface area contributed by atoms with E-state index in [0.29, 0.717) is 0 Å². The lowest BCUT2D eigenvalue weighted by atomic mass is 9.92. The Labute approximate surface area is 383 Å². The third kappa shape index (κ3) is 6.26. The van der Waals surface area contributed by atoms with E-state index in [9.17, 15) is 0 Å². The van der Waals surface area contributed by atoms with Crippen molar-refractivity contribution in [2.45, 2.75) is 0 Å². The number of hydrogen-bond donors (Lipinski definition) is 0. The van der Waals surface area contributed by atoms with Crippen molar-refractivity contribution < 1.29 is 0 Å². The molecule has 0 fully saturated rings. The number of rotatable bonds is 7. The van der Waals surface area contributed by atoms with Crippen LogP contribution in [0.3, 0.4) is 0 Å². The van der Waals surface area contributed by atoms with E-state index in [-0.39, 0.29) is 0 Å². The summed E-state index contributed by atoms with van der Waals surface area (Å²) in [4.78, 5) is 2.37. The standard InChI is InChI=1S/C64H42N2/c1-3-15-53-47(13-1)41-61(57-19-7-5-17-55(53)57)45-27-25-43(26-28-45)44-29-33-49(34-30-44)65(51-37-39-52(40-38-51)66-63-23-11-9-21-59(63)60-22-10-12-24-64(60)66)50-35-31-46(32-36-50)62-42-48-14-2-4-16-54(48)56-18-6-8-20-58(56)62/h1-42H. The monoisotopic (exact) mass is 838 g/mol. The second-order valence-corrected chi connectivity index (χ2v) is 17.3. The first-order valence-electron chi connectivity index (χ1n) is 22.7. The highest BCUT2D eigenvalue weighted by Crippen LogP contribution is 2.41. The van der Waals surface area contributed by atoms with Gasteiger partial charge in [-0.15, -0.1) is 0 Å². The van der Waals surface area contributed by atoms with E-state index in [2.05, 4.69) is 264 Å². The van der Waals surface area contributed by atoms with E-state index < -0.39 is 0 Å². The Morgan fingerprint density at radius 1 is 0.242 bits per heavy atom. The Kier molecular flexibility index (Phi) is 8.89. The van der Waals surface area contributed by atoms with Crippen molar-refractivity contribution in [3.05, 3.63) is 255 Å². The van der Waals surface area contributed by atoms with Crippen molar-refractivity contribution in [2.24, 2.45) is 0 Å². The summed E-state index contributed by atoms with van der Waals surface area (Å²) >= 11 is 0. The first-order valence-corrected chi connectivity index (χ1v) is 22.7. The molecule has 0 aliphatic rings. The molecule has 0 radical (unpaired) electrons. The van der Waals surface area contributed by atoms with Crippen LogP contribution in [0.2, 0.25) is 0 Å². The molecule has 12 aromatic carbocycles. The van der Waals surface area contributed by atoms with Gasteiger partial charge in [-0.3, -0.25) is 0 Å². The maximum absolute atomic E-state index is 2.38. The van der Waals surface area contributed by atoms with Gasteiger partial charge in [-0.2, -0.15) is 0 Å². The highest BCUT2D eigenvalue weighted by atomic mass is 15.1. The maximum atomic E-state index is 2.38. The van der Waals surface area contributed by atoms with Gasteiger partial charge in [0.1, 0.15) is 0 Å². The van der Waals surface area contributed by atoms with Gasteiger partial charge < -0.3 is 9.47 Å².